The molecule has 2 rings (SSSR count). The number of hydrogen-bond acceptors (Lipinski definition) is 8. The molecule has 8 nitrogen and oxygen atoms in total. The van der Waals surface area contributed by atoms with Crippen LogP contribution in [-0.4, -0.2) is 98.6 Å². The Labute approximate surface area is 171 Å². The number of aliphatic hydroxyl groups excluding tert-OH is 4. The van der Waals surface area contributed by atoms with Gasteiger partial charge < -0.3 is 30.5 Å². The van der Waals surface area contributed by atoms with Gasteiger partial charge in [0.15, 0.2) is 0 Å². The van der Waals surface area contributed by atoms with Crippen LogP contribution < -0.4 is 5.32 Å². The van der Waals surface area contributed by atoms with Crippen LogP contribution in [0.3, 0.4) is 0 Å². The molecule has 2 aliphatic rings. The van der Waals surface area contributed by atoms with E-state index in [1.807, 2.05) is 11.9 Å². The molecule has 1 amide bonds. The Morgan fingerprint density at radius 3 is 2.54 bits per heavy atom. The number of amides is 1. The zero-order chi connectivity index (χ0) is 21.2. The molecular weight excluding hydrogens is 384 g/mol. The third-order valence-corrected chi connectivity index (χ3v) is 7.01. The highest BCUT2D eigenvalue weighted by molar-refractivity contribution is 7.99. The Hall–Kier alpha value is -0.420. The number of carbonyl (C=O) groups excluding carboxylic acids is 1. The molecule has 9 atom stereocenters. The lowest BCUT2D eigenvalue weighted by molar-refractivity contribution is -0.255. The average Bonchev–Trinajstić information content (AvgIpc) is 3.01. The second-order valence-corrected chi connectivity index (χ2v) is 9.34. The molecule has 0 aliphatic carbocycles. The number of thioether (sulfide) groups is 1. The third-order valence-electron chi connectivity index (χ3n) is 6.17. The van der Waals surface area contributed by atoms with Crippen LogP contribution in [0, 0.1) is 5.92 Å². The summed E-state index contributed by atoms with van der Waals surface area (Å²) < 4.78 is 5.91. The maximum atomic E-state index is 13.0. The van der Waals surface area contributed by atoms with Crippen LogP contribution >= 0.6 is 11.8 Å². The highest BCUT2D eigenvalue weighted by Gasteiger charge is 2.56. The lowest BCUT2D eigenvalue weighted by Crippen LogP contribution is -2.72. The van der Waals surface area contributed by atoms with Crippen molar-refractivity contribution in [3.8, 4) is 0 Å². The first-order valence-corrected chi connectivity index (χ1v) is 11.3. The maximum absolute atomic E-state index is 13.0. The van der Waals surface area contributed by atoms with Gasteiger partial charge in [-0.05, 0) is 45.9 Å². The van der Waals surface area contributed by atoms with E-state index in [0.29, 0.717) is 5.92 Å². The fourth-order valence-corrected chi connectivity index (χ4v) is 5.29. The molecule has 0 saturated carbocycles. The predicted octanol–water partition coefficient (Wildman–Crippen LogP) is -0.467. The number of hydrogen-bond donors (Lipinski definition) is 5. The minimum absolute atomic E-state index is 0.231. The number of likely N-dealkylation sites (N-methyl/N-ethyl adjacent to an activating group) is 1. The summed E-state index contributed by atoms with van der Waals surface area (Å²) in [4.78, 5) is 15.0. The number of ether oxygens (including phenoxy) is 1. The second-order valence-electron chi connectivity index (χ2n) is 8.40. The largest absolute Gasteiger partial charge is 0.391 e. The number of nitrogens with zero attached hydrogens (tertiary/aromatic N) is 1. The Kier molecular flexibility index (Phi) is 8.17. The highest BCUT2D eigenvalue weighted by atomic mass is 32.2. The molecule has 2 aliphatic heterocycles. The first-order chi connectivity index (χ1) is 13.1. The molecule has 0 radical (unpaired) electrons. The van der Waals surface area contributed by atoms with Gasteiger partial charge in [0.1, 0.15) is 29.3 Å². The molecule has 0 spiro atoms. The van der Waals surface area contributed by atoms with Gasteiger partial charge in [-0.25, -0.2) is 0 Å². The third kappa shape index (κ3) is 4.66. The van der Waals surface area contributed by atoms with E-state index >= 15 is 0 Å². The van der Waals surface area contributed by atoms with Gasteiger partial charge in [-0.15, -0.1) is 11.8 Å². The summed E-state index contributed by atoms with van der Waals surface area (Å²) in [7, 11) is 1.91. The van der Waals surface area contributed by atoms with Gasteiger partial charge in [-0.2, -0.15) is 0 Å². The monoisotopic (exact) mass is 420 g/mol. The first-order valence-electron chi connectivity index (χ1n) is 10.00. The average molecular weight is 421 g/mol. The lowest BCUT2D eigenvalue weighted by Gasteiger charge is -2.51. The van der Waals surface area contributed by atoms with Gasteiger partial charge in [-0.1, -0.05) is 13.3 Å². The molecule has 2 heterocycles. The minimum Gasteiger partial charge on any atom is -0.391 e. The van der Waals surface area contributed by atoms with Crippen LogP contribution in [0.5, 0.6) is 0 Å². The smallest absolute Gasteiger partial charge is 0.237 e. The Morgan fingerprint density at radius 2 is 2.00 bits per heavy atom. The SMILES string of the molecule is CCC[C@@H]1C[C@@H](C(=O)N[C@H]([C@@H](C)O)[C@@]2(C)O[C@H](SC)[C@H](O)[C@@H](O)[C@H]2O)N(C)C1. The topological polar surface area (TPSA) is 122 Å². The normalized spacial score (nSPS) is 41.6. The summed E-state index contributed by atoms with van der Waals surface area (Å²) in [6, 6.07) is -1.26. The number of rotatable bonds is 7. The molecule has 2 fully saturated rings. The van der Waals surface area contributed by atoms with Crippen LogP contribution in [0.4, 0.5) is 0 Å². The lowest BCUT2D eigenvalue weighted by atomic mass is 9.80. The van der Waals surface area contributed by atoms with Crippen molar-refractivity contribution in [2.24, 2.45) is 5.92 Å². The molecule has 0 aromatic rings. The van der Waals surface area contributed by atoms with Crippen molar-refractivity contribution >= 4 is 17.7 Å². The van der Waals surface area contributed by atoms with E-state index in [1.165, 1.54) is 18.7 Å². The molecule has 0 aromatic heterocycles. The molecule has 164 valence electrons. The van der Waals surface area contributed by atoms with E-state index in [-0.39, 0.29) is 11.9 Å². The summed E-state index contributed by atoms with van der Waals surface area (Å²) in [5.41, 5.74) is -2.25. The van der Waals surface area contributed by atoms with E-state index in [2.05, 4.69) is 12.2 Å². The van der Waals surface area contributed by atoms with E-state index in [9.17, 15) is 25.2 Å². The fraction of sp³-hybridized carbons (Fsp3) is 0.947. The Bertz CT molecular complexity index is 537. The summed E-state index contributed by atoms with van der Waals surface area (Å²) in [6.45, 7) is 6.03. The van der Waals surface area contributed by atoms with Crippen molar-refractivity contribution in [2.45, 2.75) is 87.6 Å². The molecule has 2 saturated heterocycles. The maximum Gasteiger partial charge on any atom is 0.237 e. The second kappa shape index (κ2) is 9.59. The number of carbonyl (C=O) groups is 1. The van der Waals surface area contributed by atoms with Crippen molar-refractivity contribution in [1.29, 1.82) is 0 Å². The van der Waals surface area contributed by atoms with E-state index in [1.54, 1.807) is 13.2 Å². The summed E-state index contributed by atoms with van der Waals surface area (Å²) in [6.07, 6.45) is -0.624. The quantitative estimate of drug-likeness (QED) is 0.375. The van der Waals surface area contributed by atoms with Crippen LogP contribution in [0.1, 0.15) is 40.0 Å². The Morgan fingerprint density at radius 1 is 1.36 bits per heavy atom. The molecule has 0 unspecified atom stereocenters. The zero-order valence-electron chi connectivity index (χ0n) is 17.4. The van der Waals surface area contributed by atoms with Crippen LogP contribution in [0.15, 0.2) is 0 Å². The Balaban J connectivity index is 2.19. The van der Waals surface area contributed by atoms with Crippen molar-refractivity contribution < 1.29 is 30.0 Å². The zero-order valence-corrected chi connectivity index (χ0v) is 18.2. The van der Waals surface area contributed by atoms with Gasteiger partial charge in [-0.3, -0.25) is 9.69 Å². The van der Waals surface area contributed by atoms with E-state index in [0.717, 1.165) is 25.8 Å². The molecule has 5 N–H and O–H groups in total. The summed E-state index contributed by atoms with van der Waals surface area (Å²) >= 11 is 1.20. The van der Waals surface area contributed by atoms with Gasteiger partial charge in [0.2, 0.25) is 5.91 Å². The molecular formula is C19H36N2O6S. The highest BCUT2D eigenvalue weighted by Crippen LogP contribution is 2.37. The van der Waals surface area contributed by atoms with Gasteiger partial charge in [0.05, 0.1) is 18.2 Å². The molecule has 0 bridgehead atoms. The minimum atomic E-state index is -1.47. The number of aliphatic hydroxyl groups is 4. The summed E-state index contributed by atoms with van der Waals surface area (Å²) in [5, 5.41) is 44.3. The van der Waals surface area contributed by atoms with Crippen LogP contribution in [0.2, 0.25) is 0 Å². The van der Waals surface area contributed by atoms with Gasteiger partial charge in [0, 0.05) is 6.54 Å². The predicted molar refractivity (Wildman–Crippen MR) is 108 cm³/mol. The fourth-order valence-electron chi connectivity index (χ4n) is 4.54. The van der Waals surface area contributed by atoms with E-state index in [4.69, 9.17) is 4.74 Å². The van der Waals surface area contributed by atoms with Crippen molar-refractivity contribution in [1.82, 2.24) is 10.2 Å². The van der Waals surface area contributed by atoms with Gasteiger partial charge >= 0.3 is 0 Å². The standard InChI is InChI=1S/C19H36N2O6S/c1-6-7-11-8-12(21(4)9-11)17(26)20-15(10(2)22)19(3)16(25)13(23)14(24)18(27-19)28-5/h10-16,18,22-25H,6-9H2,1-5H3,(H,20,26)/t10-,11-,12+,13-,14-,15-,16-,18-,19-/m1/s1. The number of likely N-dealkylation sites (tertiary alicyclic amines) is 1. The first kappa shape index (κ1) is 23.9. The van der Waals surface area contributed by atoms with Crippen molar-refractivity contribution in [3.63, 3.8) is 0 Å². The van der Waals surface area contributed by atoms with Crippen molar-refractivity contribution in [2.75, 3.05) is 19.8 Å². The molecule has 28 heavy (non-hydrogen) atoms. The number of nitrogens with one attached hydrogen (secondary N) is 1. The van der Waals surface area contributed by atoms with Crippen molar-refractivity contribution in [3.05, 3.63) is 0 Å². The van der Waals surface area contributed by atoms with Crippen LogP contribution in [0.25, 0.3) is 0 Å². The van der Waals surface area contributed by atoms with E-state index < -0.39 is 41.5 Å². The molecule has 0 aromatic carbocycles. The van der Waals surface area contributed by atoms with Gasteiger partial charge in [0.25, 0.3) is 0 Å². The van der Waals surface area contributed by atoms with Crippen LogP contribution in [-0.2, 0) is 9.53 Å². The molecule has 9 heteroatoms. The summed E-state index contributed by atoms with van der Waals surface area (Å²) in [5.74, 6) is 0.228.